The van der Waals surface area contributed by atoms with Crippen LogP contribution in [0, 0.1) is 5.82 Å². The van der Waals surface area contributed by atoms with Crippen LogP contribution in [0.25, 0.3) is 10.9 Å². The Morgan fingerprint density at radius 3 is 2.57 bits per heavy atom. The molecule has 0 spiro atoms. The van der Waals surface area contributed by atoms with E-state index < -0.39 is 5.82 Å². The molecular formula is C20H14ClFN4O2. The van der Waals surface area contributed by atoms with Crippen LogP contribution in [0.3, 0.4) is 0 Å². The molecule has 0 radical (unpaired) electrons. The third-order valence-electron chi connectivity index (χ3n) is 4.13. The van der Waals surface area contributed by atoms with Gasteiger partial charge in [0.25, 0.3) is 0 Å². The van der Waals surface area contributed by atoms with E-state index in [1.807, 2.05) is 0 Å². The van der Waals surface area contributed by atoms with Crippen molar-refractivity contribution in [1.29, 1.82) is 0 Å². The van der Waals surface area contributed by atoms with Gasteiger partial charge in [0.2, 0.25) is 5.88 Å². The first kappa shape index (κ1) is 17.9. The molecule has 2 aromatic carbocycles. The van der Waals surface area contributed by atoms with Crippen LogP contribution < -0.4 is 9.64 Å². The Bertz CT molecular complexity index is 1130. The fourth-order valence-corrected chi connectivity index (χ4v) is 2.93. The molecular weight excluding hydrogens is 383 g/mol. The summed E-state index contributed by atoms with van der Waals surface area (Å²) >= 11 is 5.93. The molecule has 0 aliphatic rings. The lowest BCUT2D eigenvalue weighted by Gasteiger charge is -2.20. The first-order chi connectivity index (χ1) is 13.5. The van der Waals surface area contributed by atoms with Crippen molar-refractivity contribution in [3.8, 4) is 17.6 Å². The normalized spacial score (nSPS) is 10.8. The maximum atomic E-state index is 13.6. The smallest absolute Gasteiger partial charge is 0.325 e. The zero-order chi connectivity index (χ0) is 19.7. The van der Waals surface area contributed by atoms with E-state index in [4.69, 9.17) is 16.3 Å². The Kier molecular flexibility index (Phi) is 4.67. The van der Waals surface area contributed by atoms with Crippen molar-refractivity contribution in [3.05, 3.63) is 71.8 Å². The topological polar surface area (TPSA) is 71.4 Å². The third kappa shape index (κ3) is 3.65. The van der Waals surface area contributed by atoms with Gasteiger partial charge in [-0.25, -0.2) is 4.39 Å². The molecule has 6 nitrogen and oxygen atoms in total. The predicted octanol–water partition coefficient (Wildman–Crippen LogP) is 5.08. The molecule has 1 N–H and O–H groups in total. The van der Waals surface area contributed by atoms with Crippen LogP contribution in [0.5, 0.6) is 17.6 Å². The minimum atomic E-state index is -0.406. The van der Waals surface area contributed by atoms with Crippen molar-refractivity contribution in [2.45, 2.75) is 0 Å². The molecule has 2 heterocycles. The maximum Gasteiger partial charge on any atom is 0.325 e. The Morgan fingerprint density at radius 2 is 1.82 bits per heavy atom. The average Bonchev–Trinajstić information content (AvgIpc) is 2.67. The molecule has 0 saturated carbocycles. The summed E-state index contributed by atoms with van der Waals surface area (Å²) in [5.41, 5.74) is 1.90. The number of hydrogen-bond donors (Lipinski definition) is 1. The highest BCUT2D eigenvalue weighted by Crippen LogP contribution is 2.30. The Balaban J connectivity index is 1.56. The SMILES string of the molecule is CN(c1ccc(Oc2nc(O)c3ccncc3n2)cc1)c1cc(F)cc(Cl)c1. The molecule has 0 aliphatic carbocycles. The number of aromatic nitrogens is 3. The third-order valence-corrected chi connectivity index (χ3v) is 4.34. The summed E-state index contributed by atoms with van der Waals surface area (Å²) in [7, 11) is 1.80. The quantitative estimate of drug-likeness (QED) is 0.518. The van der Waals surface area contributed by atoms with E-state index in [1.54, 1.807) is 54.5 Å². The molecule has 140 valence electrons. The van der Waals surface area contributed by atoms with Crippen molar-refractivity contribution in [2.24, 2.45) is 0 Å². The highest BCUT2D eigenvalue weighted by molar-refractivity contribution is 6.30. The molecule has 0 unspecified atom stereocenters. The van der Waals surface area contributed by atoms with Gasteiger partial charge in [-0.05, 0) is 48.5 Å². The van der Waals surface area contributed by atoms with E-state index in [1.165, 1.54) is 18.3 Å². The number of rotatable bonds is 4. The number of aromatic hydroxyl groups is 1. The molecule has 0 amide bonds. The van der Waals surface area contributed by atoms with Crippen molar-refractivity contribution in [3.63, 3.8) is 0 Å². The number of nitrogens with zero attached hydrogens (tertiary/aromatic N) is 4. The number of anilines is 2. The van der Waals surface area contributed by atoms with Crippen LogP contribution in [-0.2, 0) is 0 Å². The predicted molar refractivity (Wildman–Crippen MR) is 105 cm³/mol. The monoisotopic (exact) mass is 396 g/mol. The number of fused-ring (bicyclic) bond motifs is 1. The first-order valence-corrected chi connectivity index (χ1v) is 8.66. The van der Waals surface area contributed by atoms with Gasteiger partial charge in [-0.2, -0.15) is 9.97 Å². The van der Waals surface area contributed by atoms with Crippen LogP contribution >= 0.6 is 11.6 Å². The lowest BCUT2D eigenvalue weighted by molar-refractivity contribution is 0.412. The van der Waals surface area contributed by atoms with Crippen LogP contribution in [0.1, 0.15) is 0 Å². The summed E-state index contributed by atoms with van der Waals surface area (Å²) in [6.07, 6.45) is 3.07. The number of ether oxygens (including phenoxy) is 1. The average molecular weight is 397 g/mol. The maximum absolute atomic E-state index is 13.6. The van der Waals surface area contributed by atoms with Gasteiger partial charge in [0.15, 0.2) is 0 Å². The summed E-state index contributed by atoms with van der Waals surface area (Å²) in [5, 5.41) is 10.8. The summed E-state index contributed by atoms with van der Waals surface area (Å²) in [6, 6.07) is 13.0. The van der Waals surface area contributed by atoms with E-state index in [0.29, 0.717) is 27.4 Å². The summed E-state index contributed by atoms with van der Waals surface area (Å²) < 4.78 is 19.2. The van der Waals surface area contributed by atoms with Gasteiger partial charge in [0.1, 0.15) is 11.6 Å². The van der Waals surface area contributed by atoms with Gasteiger partial charge in [0.05, 0.1) is 17.1 Å². The zero-order valence-electron chi connectivity index (χ0n) is 14.7. The number of pyridine rings is 1. The number of halogens is 2. The molecule has 0 bridgehead atoms. The second kappa shape index (κ2) is 7.28. The van der Waals surface area contributed by atoms with E-state index in [-0.39, 0.29) is 11.9 Å². The van der Waals surface area contributed by atoms with Gasteiger partial charge in [-0.3, -0.25) is 4.98 Å². The molecule has 28 heavy (non-hydrogen) atoms. The van der Waals surface area contributed by atoms with E-state index in [0.717, 1.165) is 5.69 Å². The van der Waals surface area contributed by atoms with Gasteiger partial charge < -0.3 is 14.7 Å². The van der Waals surface area contributed by atoms with Crippen molar-refractivity contribution >= 4 is 33.9 Å². The fourth-order valence-electron chi connectivity index (χ4n) is 2.71. The summed E-state index contributed by atoms with van der Waals surface area (Å²) in [6.45, 7) is 0. The second-order valence-corrected chi connectivity index (χ2v) is 6.44. The Labute approximate surface area is 164 Å². The number of benzene rings is 2. The first-order valence-electron chi connectivity index (χ1n) is 8.28. The highest BCUT2D eigenvalue weighted by atomic mass is 35.5. The molecule has 4 rings (SSSR count). The molecule has 0 fully saturated rings. The van der Waals surface area contributed by atoms with Gasteiger partial charge in [0, 0.05) is 29.6 Å². The van der Waals surface area contributed by atoms with E-state index >= 15 is 0 Å². The molecule has 0 saturated heterocycles. The van der Waals surface area contributed by atoms with Gasteiger partial charge in [-0.15, -0.1) is 0 Å². The molecule has 0 aliphatic heterocycles. The molecule has 0 atom stereocenters. The zero-order valence-corrected chi connectivity index (χ0v) is 15.4. The summed E-state index contributed by atoms with van der Waals surface area (Å²) in [5.74, 6) is -0.101. The Hall–Kier alpha value is -3.45. The van der Waals surface area contributed by atoms with Crippen LogP contribution in [0.2, 0.25) is 5.02 Å². The van der Waals surface area contributed by atoms with Crippen LogP contribution in [0.15, 0.2) is 60.9 Å². The Morgan fingerprint density at radius 1 is 1.04 bits per heavy atom. The molecule has 8 heteroatoms. The van der Waals surface area contributed by atoms with E-state index in [9.17, 15) is 9.50 Å². The largest absolute Gasteiger partial charge is 0.493 e. The number of hydrogen-bond acceptors (Lipinski definition) is 6. The van der Waals surface area contributed by atoms with Crippen molar-refractivity contribution in [2.75, 3.05) is 11.9 Å². The standard InChI is InChI=1S/C20H14ClFN4O2/c1-26(15-9-12(21)8-13(22)10-15)14-2-4-16(5-3-14)28-20-24-18-11-23-7-6-17(18)19(27)25-20/h2-11H,1H3,(H,24,25,27). The lowest BCUT2D eigenvalue weighted by atomic mass is 10.2. The fraction of sp³-hybridized carbons (Fsp3) is 0.0500. The summed E-state index contributed by atoms with van der Waals surface area (Å²) in [4.78, 5) is 14.0. The van der Waals surface area contributed by atoms with Gasteiger partial charge in [-0.1, -0.05) is 11.6 Å². The van der Waals surface area contributed by atoms with Crippen molar-refractivity contribution < 1.29 is 14.2 Å². The van der Waals surface area contributed by atoms with Crippen molar-refractivity contribution in [1.82, 2.24) is 15.0 Å². The highest BCUT2D eigenvalue weighted by Gasteiger charge is 2.10. The van der Waals surface area contributed by atoms with Crippen LogP contribution in [-0.4, -0.2) is 27.1 Å². The van der Waals surface area contributed by atoms with Crippen LogP contribution in [0.4, 0.5) is 15.8 Å². The minimum absolute atomic E-state index is 0.0102. The van der Waals surface area contributed by atoms with E-state index in [2.05, 4.69) is 15.0 Å². The lowest BCUT2D eigenvalue weighted by Crippen LogP contribution is -2.09. The minimum Gasteiger partial charge on any atom is -0.493 e. The molecule has 4 aromatic rings. The molecule has 2 aromatic heterocycles. The second-order valence-electron chi connectivity index (χ2n) is 6.01. The van der Waals surface area contributed by atoms with Gasteiger partial charge >= 0.3 is 6.01 Å².